The molecule has 0 saturated carbocycles. The largest absolute Gasteiger partial charge is 0.497 e. The molecule has 30 heavy (non-hydrogen) atoms. The van der Waals surface area contributed by atoms with Gasteiger partial charge in [-0.15, -0.1) is 0 Å². The molecule has 1 atom stereocenters. The first-order valence-corrected chi connectivity index (χ1v) is 9.78. The molecule has 2 aromatic heterocycles. The van der Waals surface area contributed by atoms with Crippen LogP contribution >= 0.6 is 0 Å². The third-order valence-electron chi connectivity index (χ3n) is 4.80. The second-order valence-electron chi connectivity index (χ2n) is 6.82. The van der Waals surface area contributed by atoms with Gasteiger partial charge >= 0.3 is 6.01 Å². The fraction of sp³-hybridized carbons (Fsp3) is 0.333. The molecule has 1 aliphatic heterocycles. The molecule has 0 amide bonds. The highest BCUT2D eigenvalue weighted by Crippen LogP contribution is 2.30. The molecule has 0 radical (unpaired) electrons. The summed E-state index contributed by atoms with van der Waals surface area (Å²) < 4.78 is 16.3. The number of nitrogens with one attached hydrogen (secondary N) is 2. The van der Waals surface area contributed by atoms with Crippen molar-refractivity contribution in [3.63, 3.8) is 0 Å². The number of ether oxygens (including phenoxy) is 3. The maximum Gasteiger partial charge on any atom is 0.316 e. The number of hydrogen-bond donors (Lipinski definition) is 2. The van der Waals surface area contributed by atoms with Gasteiger partial charge in [0.1, 0.15) is 17.2 Å². The van der Waals surface area contributed by atoms with E-state index in [1.165, 1.54) is 13.5 Å². The number of rotatable bonds is 8. The van der Waals surface area contributed by atoms with Crippen molar-refractivity contribution in [3.8, 4) is 34.8 Å². The summed E-state index contributed by atoms with van der Waals surface area (Å²) in [7, 11) is 3.15. The summed E-state index contributed by atoms with van der Waals surface area (Å²) in [5, 5.41) is 6.88. The number of methoxy groups -OCH3 is 2. The topological polar surface area (TPSA) is 103 Å². The molecule has 9 heteroatoms. The van der Waals surface area contributed by atoms with Gasteiger partial charge in [0.15, 0.2) is 5.82 Å². The van der Waals surface area contributed by atoms with Crippen LogP contribution in [0.4, 0.5) is 5.69 Å². The Kier molecular flexibility index (Phi) is 6.19. The number of benzene rings is 1. The summed E-state index contributed by atoms with van der Waals surface area (Å²) in [5.74, 6) is 2.30. The quantitative estimate of drug-likeness (QED) is 0.582. The second kappa shape index (κ2) is 9.36. The van der Waals surface area contributed by atoms with Gasteiger partial charge in [-0.25, -0.2) is 15.0 Å². The Morgan fingerprint density at radius 2 is 1.77 bits per heavy atom. The molecular formula is C21H24N6O3. The van der Waals surface area contributed by atoms with Gasteiger partial charge < -0.3 is 24.8 Å². The Labute approximate surface area is 174 Å². The van der Waals surface area contributed by atoms with Gasteiger partial charge in [-0.2, -0.15) is 4.98 Å². The molecule has 3 heterocycles. The van der Waals surface area contributed by atoms with Crippen LogP contribution < -0.4 is 24.8 Å². The maximum absolute atomic E-state index is 6.08. The van der Waals surface area contributed by atoms with E-state index >= 15 is 0 Å². The fourth-order valence-corrected chi connectivity index (χ4v) is 3.16. The van der Waals surface area contributed by atoms with E-state index in [2.05, 4.69) is 30.6 Å². The summed E-state index contributed by atoms with van der Waals surface area (Å²) >= 11 is 0. The van der Waals surface area contributed by atoms with E-state index in [4.69, 9.17) is 14.2 Å². The van der Waals surface area contributed by atoms with Crippen molar-refractivity contribution >= 4 is 5.69 Å². The molecule has 1 aliphatic rings. The van der Waals surface area contributed by atoms with E-state index in [-0.39, 0.29) is 6.01 Å². The van der Waals surface area contributed by atoms with Gasteiger partial charge in [-0.1, -0.05) is 0 Å². The van der Waals surface area contributed by atoms with Crippen LogP contribution in [0.5, 0.6) is 23.4 Å². The molecule has 1 aromatic carbocycles. The van der Waals surface area contributed by atoms with Crippen molar-refractivity contribution in [3.05, 3.63) is 42.9 Å². The zero-order chi connectivity index (χ0) is 20.8. The molecule has 156 valence electrons. The SMILES string of the molecule is COc1ccc(Oc2nc(-c3cnc(OC)nc3)ncc2NC[C@@H]2CCCN2)cc1. The standard InChI is InChI=1S/C21H24N6O3/c1-28-16-5-7-17(8-6-16)30-20-18(23-12-15-4-3-9-22-15)13-24-19(27-20)14-10-25-21(29-2)26-11-14/h5-8,10-11,13,15,22-23H,3-4,9,12H2,1-2H3/t15-/m0/s1. The van der Waals surface area contributed by atoms with Gasteiger partial charge in [0.25, 0.3) is 0 Å². The Balaban J connectivity index is 1.60. The van der Waals surface area contributed by atoms with Crippen molar-refractivity contribution in [1.82, 2.24) is 25.3 Å². The zero-order valence-corrected chi connectivity index (χ0v) is 17.0. The molecule has 0 unspecified atom stereocenters. The van der Waals surface area contributed by atoms with Gasteiger partial charge in [-0.05, 0) is 43.7 Å². The Morgan fingerprint density at radius 1 is 1.00 bits per heavy atom. The summed E-state index contributed by atoms with van der Waals surface area (Å²) in [6.45, 7) is 1.82. The highest BCUT2D eigenvalue weighted by atomic mass is 16.5. The third kappa shape index (κ3) is 4.74. The third-order valence-corrected chi connectivity index (χ3v) is 4.80. The number of nitrogens with zero attached hydrogens (tertiary/aromatic N) is 4. The molecule has 1 saturated heterocycles. The molecule has 3 aromatic rings. The minimum atomic E-state index is 0.288. The number of anilines is 1. The Morgan fingerprint density at radius 3 is 2.43 bits per heavy atom. The first-order valence-electron chi connectivity index (χ1n) is 9.78. The van der Waals surface area contributed by atoms with Crippen molar-refractivity contribution < 1.29 is 14.2 Å². The fourth-order valence-electron chi connectivity index (χ4n) is 3.16. The number of hydrogen-bond acceptors (Lipinski definition) is 9. The average Bonchev–Trinajstić information content (AvgIpc) is 3.32. The van der Waals surface area contributed by atoms with E-state index in [0.717, 1.165) is 30.9 Å². The maximum atomic E-state index is 6.08. The highest BCUT2D eigenvalue weighted by Gasteiger charge is 2.17. The summed E-state index contributed by atoms with van der Waals surface area (Å²) in [6, 6.07) is 8.05. The molecule has 2 N–H and O–H groups in total. The van der Waals surface area contributed by atoms with Crippen LogP contribution in [0, 0.1) is 0 Å². The predicted molar refractivity (Wildman–Crippen MR) is 112 cm³/mol. The van der Waals surface area contributed by atoms with Crippen LogP contribution in [-0.4, -0.2) is 53.3 Å². The van der Waals surface area contributed by atoms with E-state index in [1.54, 1.807) is 25.7 Å². The lowest BCUT2D eigenvalue weighted by atomic mass is 10.2. The van der Waals surface area contributed by atoms with Crippen molar-refractivity contribution in [2.75, 3.05) is 32.6 Å². The molecule has 0 spiro atoms. The predicted octanol–water partition coefficient (Wildman–Crippen LogP) is 2.91. The van der Waals surface area contributed by atoms with Gasteiger partial charge in [0.2, 0.25) is 5.88 Å². The minimum absolute atomic E-state index is 0.288. The first kappa shape index (κ1) is 19.8. The van der Waals surface area contributed by atoms with E-state index < -0.39 is 0 Å². The van der Waals surface area contributed by atoms with Gasteiger partial charge in [0.05, 0.1) is 26.0 Å². The first-order chi connectivity index (χ1) is 14.7. The number of aromatic nitrogens is 4. The lowest BCUT2D eigenvalue weighted by molar-refractivity contribution is 0.380. The lowest BCUT2D eigenvalue weighted by Crippen LogP contribution is -2.29. The highest BCUT2D eigenvalue weighted by molar-refractivity contribution is 5.59. The van der Waals surface area contributed by atoms with Crippen LogP contribution in [0.1, 0.15) is 12.8 Å². The van der Waals surface area contributed by atoms with Gasteiger partial charge in [0, 0.05) is 25.0 Å². The van der Waals surface area contributed by atoms with E-state index in [9.17, 15) is 0 Å². The smallest absolute Gasteiger partial charge is 0.316 e. The van der Waals surface area contributed by atoms with Crippen LogP contribution in [0.3, 0.4) is 0 Å². The minimum Gasteiger partial charge on any atom is -0.497 e. The van der Waals surface area contributed by atoms with Crippen LogP contribution in [-0.2, 0) is 0 Å². The molecule has 0 bridgehead atoms. The Hall–Kier alpha value is -3.46. The second-order valence-corrected chi connectivity index (χ2v) is 6.82. The summed E-state index contributed by atoms with van der Waals surface area (Å²) in [6.07, 6.45) is 7.29. The normalized spacial score (nSPS) is 15.6. The molecule has 1 fully saturated rings. The average molecular weight is 408 g/mol. The van der Waals surface area contributed by atoms with Crippen LogP contribution in [0.25, 0.3) is 11.4 Å². The van der Waals surface area contributed by atoms with Crippen molar-refractivity contribution in [1.29, 1.82) is 0 Å². The molecule has 9 nitrogen and oxygen atoms in total. The Bertz CT molecular complexity index is 959. The molecule has 0 aliphatic carbocycles. The molecule has 4 rings (SSSR count). The lowest BCUT2D eigenvalue weighted by Gasteiger charge is -2.16. The summed E-state index contributed by atoms with van der Waals surface area (Å²) in [5.41, 5.74) is 1.39. The summed E-state index contributed by atoms with van der Waals surface area (Å²) in [4.78, 5) is 17.3. The van der Waals surface area contributed by atoms with Crippen molar-refractivity contribution in [2.24, 2.45) is 0 Å². The van der Waals surface area contributed by atoms with Crippen molar-refractivity contribution in [2.45, 2.75) is 18.9 Å². The van der Waals surface area contributed by atoms with E-state index in [1.807, 2.05) is 24.3 Å². The molecular weight excluding hydrogens is 384 g/mol. The van der Waals surface area contributed by atoms with Gasteiger partial charge in [-0.3, -0.25) is 0 Å². The zero-order valence-electron chi connectivity index (χ0n) is 17.0. The van der Waals surface area contributed by atoms with Crippen LogP contribution in [0.2, 0.25) is 0 Å². The van der Waals surface area contributed by atoms with E-state index in [0.29, 0.717) is 29.1 Å². The monoisotopic (exact) mass is 408 g/mol. The van der Waals surface area contributed by atoms with Crippen LogP contribution in [0.15, 0.2) is 42.9 Å².